The fourth-order valence-corrected chi connectivity index (χ4v) is 5.48. The molecule has 0 aromatic heterocycles. The predicted molar refractivity (Wildman–Crippen MR) is 62.2 cm³/mol. The molecule has 3 saturated heterocycles. The van der Waals surface area contributed by atoms with E-state index >= 15 is 0 Å². The van der Waals surface area contributed by atoms with E-state index in [1.165, 1.54) is 30.8 Å². The molecule has 2 nitrogen and oxygen atoms in total. The summed E-state index contributed by atoms with van der Waals surface area (Å²) in [6.07, 6.45) is 6.78. The highest BCUT2D eigenvalue weighted by atomic mass is 32.2. The van der Waals surface area contributed by atoms with Crippen LogP contribution >= 0.6 is 0 Å². The second-order valence-corrected chi connectivity index (χ2v) is 7.38. The highest BCUT2D eigenvalue weighted by molar-refractivity contribution is 7.97. The normalized spacial score (nSPS) is 40.1. The topological polar surface area (TPSA) is 26.3 Å². The molecule has 0 aromatic rings. The van der Waals surface area contributed by atoms with Gasteiger partial charge in [0.2, 0.25) is 0 Å². The van der Waals surface area contributed by atoms with E-state index in [4.69, 9.17) is 4.74 Å². The average Bonchev–Trinajstić information content (AvgIpc) is 2.93. The number of ketones is 1. The van der Waals surface area contributed by atoms with Gasteiger partial charge in [0.1, 0.15) is 11.5 Å². The van der Waals surface area contributed by atoms with E-state index in [9.17, 15) is 4.79 Å². The second kappa shape index (κ2) is 4.10. The fraction of sp³-hybridized carbons (Fsp3) is 0.917. The van der Waals surface area contributed by atoms with Gasteiger partial charge >= 0.3 is 0 Å². The summed E-state index contributed by atoms with van der Waals surface area (Å²) >= 11 is 0. The molecule has 3 heterocycles. The summed E-state index contributed by atoms with van der Waals surface area (Å²) in [6.45, 7) is 0. The van der Waals surface area contributed by atoms with Gasteiger partial charge in [0.15, 0.2) is 11.5 Å². The van der Waals surface area contributed by atoms with Crippen LogP contribution in [-0.2, 0) is 20.4 Å². The summed E-state index contributed by atoms with van der Waals surface area (Å²) < 4.78 is 5.75. The molecule has 3 aliphatic rings. The van der Waals surface area contributed by atoms with E-state index in [1.807, 2.05) is 0 Å². The largest absolute Gasteiger partial charge is 0.374 e. The van der Waals surface area contributed by atoms with Crippen molar-refractivity contribution in [2.75, 3.05) is 17.3 Å². The van der Waals surface area contributed by atoms with Crippen LogP contribution in [0.4, 0.5) is 0 Å². The monoisotopic (exact) mass is 227 g/mol. The Morgan fingerprint density at radius 3 is 2.67 bits per heavy atom. The Bertz CT molecular complexity index is 260. The Morgan fingerprint density at radius 1 is 1.27 bits per heavy atom. The maximum absolute atomic E-state index is 12.1. The van der Waals surface area contributed by atoms with E-state index in [1.54, 1.807) is 0 Å². The average molecular weight is 227 g/mol. The number of fused-ring (bicyclic) bond motifs is 2. The molecule has 0 aromatic carbocycles. The summed E-state index contributed by atoms with van der Waals surface area (Å²) in [7, 11) is 0.439. The first-order chi connectivity index (χ1) is 7.33. The first-order valence-electron chi connectivity index (χ1n) is 6.15. The summed E-state index contributed by atoms with van der Waals surface area (Å²) in [4.78, 5) is 12.1. The van der Waals surface area contributed by atoms with Gasteiger partial charge in [-0.15, -0.1) is 0 Å². The van der Waals surface area contributed by atoms with Crippen LogP contribution in [0.15, 0.2) is 0 Å². The number of rotatable bonds is 3. The summed E-state index contributed by atoms with van der Waals surface area (Å²) in [5.74, 6) is 4.29. The minimum absolute atomic E-state index is 0.275. The third kappa shape index (κ3) is 1.96. The zero-order chi connectivity index (χ0) is 10.3. The van der Waals surface area contributed by atoms with Gasteiger partial charge in [0, 0.05) is 0 Å². The molecule has 3 aliphatic heterocycles. The van der Waals surface area contributed by atoms with Crippen molar-refractivity contribution >= 4 is 16.7 Å². The summed E-state index contributed by atoms with van der Waals surface area (Å²) in [6, 6.07) is 0. The van der Waals surface area contributed by atoms with Crippen molar-refractivity contribution < 1.29 is 9.53 Å². The van der Waals surface area contributed by atoms with Crippen LogP contribution in [0.5, 0.6) is 0 Å². The van der Waals surface area contributed by atoms with Gasteiger partial charge in [0.05, 0.1) is 18.1 Å². The number of ether oxygens (including phenoxy) is 1. The van der Waals surface area contributed by atoms with Gasteiger partial charge in [-0.1, -0.05) is 0 Å². The van der Waals surface area contributed by atoms with Crippen molar-refractivity contribution in [3.05, 3.63) is 0 Å². The van der Waals surface area contributed by atoms with Crippen LogP contribution in [0, 0.1) is 5.92 Å². The molecular formula is C12H19O2S+. The van der Waals surface area contributed by atoms with Crippen molar-refractivity contribution in [2.45, 2.75) is 44.3 Å². The molecule has 3 fully saturated rings. The molecule has 15 heavy (non-hydrogen) atoms. The third-order valence-electron chi connectivity index (χ3n) is 3.98. The van der Waals surface area contributed by atoms with Crippen molar-refractivity contribution in [2.24, 2.45) is 5.92 Å². The molecule has 0 spiro atoms. The Balaban J connectivity index is 1.56. The van der Waals surface area contributed by atoms with Crippen molar-refractivity contribution in [3.63, 3.8) is 0 Å². The van der Waals surface area contributed by atoms with Gasteiger partial charge in [-0.2, -0.15) is 0 Å². The minimum Gasteiger partial charge on any atom is -0.374 e. The number of carbonyl (C=O) groups is 1. The lowest BCUT2D eigenvalue weighted by molar-refractivity contribution is -0.121. The first kappa shape index (κ1) is 10.2. The number of carbonyl (C=O) groups excluding carboxylic acids is 1. The number of hydrogen-bond acceptors (Lipinski definition) is 2. The Labute approximate surface area is 94.1 Å². The Kier molecular flexibility index (Phi) is 2.77. The van der Waals surface area contributed by atoms with Gasteiger partial charge in [-0.3, -0.25) is 4.79 Å². The first-order valence-corrected chi connectivity index (χ1v) is 7.88. The molecule has 0 aliphatic carbocycles. The highest BCUT2D eigenvalue weighted by Crippen LogP contribution is 2.39. The third-order valence-corrected chi connectivity index (χ3v) is 6.41. The SMILES string of the molecule is O=C(C[S+]1CCCC1)C1CC2CCC1O2. The fourth-order valence-electron chi connectivity index (χ4n) is 3.14. The molecular weight excluding hydrogens is 208 g/mol. The molecule has 0 N–H and O–H groups in total. The summed E-state index contributed by atoms with van der Waals surface area (Å²) in [5.41, 5.74) is 0. The van der Waals surface area contributed by atoms with E-state index < -0.39 is 0 Å². The van der Waals surface area contributed by atoms with Gasteiger partial charge in [0.25, 0.3) is 0 Å². The molecule has 0 amide bonds. The maximum atomic E-state index is 12.1. The van der Waals surface area contributed by atoms with Crippen LogP contribution in [0.2, 0.25) is 0 Å². The molecule has 3 heteroatoms. The molecule has 0 radical (unpaired) electrons. The number of Topliss-reactive ketones (excluding diaryl/α,β-unsaturated/α-hetero) is 1. The maximum Gasteiger partial charge on any atom is 0.187 e. The van der Waals surface area contributed by atoms with E-state index in [0.717, 1.165) is 18.6 Å². The van der Waals surface area contributed by atoms with E-state index in [2.05, 4.69) is 0 Å². The quantitative estimate of drug-likeness (QED) is 0.684. The Morgan fingerprint density at radius 2 is 2.07 bits per heavy atom. The molecule has 3 rings (SSSR count). The van der Waals surface area contributed by atoms with Crippen LogP contribution in [0.3, 0.4) is 0 Å². The van der Waals surface area contributed by atoms with Crippen LogP contribution in [0.25, 0.3) is 0 Å². The van der Waals surface area contributed by atoms with Gasteiger partial charge in [-0.25, -0.2) is 0 Å². The van der Waals surface area contributed by atoms with Crippen LogP contribution in [0.1, 0.15) is 32.1 Å². The van der Waals surface area contributed by atoms with E-state index in [-0.39, 0.29) is 5.92 Å². The minimum atomic E-state index is 0.275. The molecule has 3 unspecified atom stereocenters. The standard InChI is InChI=1S/C12H19O2S/c13-11(8-15-5-1-2-6-15)10-7-9-3-4-12(10)14-9/h9-10,12H,1-8H2/q+1. The molecule has 3 atom stereocenters. The lowest BCUT2D eigenvalue weighted by Gasteiger charge is -2.16. The zero-order valence-electron chi connectivity index (χ0n) is 9.11. The Hall–Kier alpha value is -0.0200. The smallest absolute Gasteiger partial charge is 0.187 e. The van der Waals surface area contributed by atoms with Crippen molar-refractivity contribution in [1.82, 2.24) is 0 Å². The van der Waals surface area contributed by atoms with Gasteiger partial charge in [-0.05, 0) is 43.0 Å². The molecule has 84 valence electrons. The second-order valence-electron chi connectivity index (χ2n) is 5.05. The van der Waals surface area contributed by atoms with Crippen LogP contribution < -0.4 is 0 Å². The molecule has 0 saturated carbocycles. The van der Waals surface area contributed by atoms with Crippen molar-refractivity contribution in [3.8, 4) is 0 Å². The lowest BCUT2D eigenvalue weighted by atomic mass is 9.87. The summed E-state index contributed by atoms with van der Waals surface area (Å²) in [5, 5.41) is 0. The lowest BCUT2D eigenvalue weighted by Crippen LogP contribution is -2.31. The van der Waals surface area contributed by atoms with E-state index in [0.29, 0.717) is 28.9 Å². The van der Waals surface area contributed by atoms with Gasteiger partial charge < -0.3 is 4.74 Å². The molecule has 2 bridgehead atoms. The van der Waals surface area contributed by atoms with Crippen molar-refractivity contribution in [1.29, 1.82) is 0 Å². The number of hydrogen-bond donors (Lipinski definition) is 0. The van der Waals surface area contributed by atoms with Crippen LogP contribution in [-0.4, -0.2) is 35.2 Å². The highest BCUT2D eigenvalue weighted by Gasteiger charge is 2.45. The zero-order valence-corrected chi connectivity index (χ0v) is 9.93. The predicted octanol–water partition coefficient (Wildman–Crippen LogP) is 1.54.